The number of piperazine rings is 1. The number of likely N-dealkylation sites (N-methyl/N-ethyl adjacent to an activating group) is 1. The van der Waals surface area contributed by atoms with Crippen LogP contribution < -0.4 is 15.1 Å². The van der Waals surface area contributed by atoms with E-state index in [1.165, 1.54) is 13.2 Å². The second-order valence-corrected chi connectivity index (χ2v) is 8.66. The third-order valence-corrected chi connectivity index (χ3v) is 6.61. The lowest BCUT2D eigenvalue weighted by atomic mass is 10.1. The van der Waals surface area contributed by atoms with Gasteiger partial charge in [0, 0.05) is 50.9 Å². The molecule has 192 valence electrons. The van der Waals surface area contributed by atoms with Crippen molar-refractivity contribution in [1.82, 2.24) is 4.90 Å². The van der Waals surface area contributed by atoms with Crippen LogP contribution in [-0.4, -0.2) is 87.8 Å². The molecular weight excluding hydrogens is 466 g/mol. The van der Waals surface area contributed by atoms with Crippen LogP contribution in [0.3, 0.4) is 0 Å². The van der Waals surface area contributed by atoms with Crippen molar-refractivity contribution in [3.05, 3.63) is 57.6 Å². The topological polar surface area (TPSA) is 117 Å². The van der Waals surface area contributed by atoms with E-state index >= 15 is 0 Å². The quantitative estimate of drug-likeness (QED) is 0.350. The van der Waals surface area contributed by atoms with Gasteiger partial charge in [-0.3, -0.25) is 14.9 Å². The summed E-state index contributed by atoms with van der Waals surface area (Å²) in [4.78, 5) is 43.1. The number of hydrogen-bond acceptors (Lipinski definition) is 9. The molecule has 11 heteroatoms. The zero-order valence-corrected chi connectivity index (χ0v) is 20.6. The Morgan fingerprint density at radius 2 is 1.61 bits per heavy atom. The molecule has 2 aromatic carbocycles. The normalized spacial score (nSPS) is 16.5. The number of nitrogens with one attached hydrogen (secondary N) is 1. The van der Waals surface area contributed by atoms with Crippen LogP contribution in [0.25, 0.3) is 0 Å². The second-order valence-electron chi connectivity index (χ2n) is 8.66. The largest absolute Gasteiger partial charge is 0.465 e. The fraction of sp³-hybridized carbons (Fsp3) is 0.440. The number of hydrogen-bond donors (Lipinski definition) is 1. The third kappa shape index (κ3) is 5.58. The number of carbonyl (C=O) groups is 2. The van der Waals surface area contributed by atoms with Gasteiger partial charge in [-0.2, -0.15) is 0 Å². The van der Waals surface area contributed by atoms with E-state index in [1.54, 1.807) is 30.3 Å². The lowest BCUT2D eigenvalue weighted by Gasteiger charge is -2.36. The Balaban J connectivity index is 1.62. The molecule has 4 rings (SSSR count). The van der Waals surface area contributed by atoms with E-state index in [-0.39, 0.29) is 11.3 Å². The number of nitro groups is 1. The number of rotatable bonds is 7. The number of ether oxygens (including phenoxy) is 2. The summed E-state index contributed by atoms with van der Waals surface area (Å²) in [5, 5.41) is 14.7. The fourth-order valence-corrected chi connectivity index (χ4v) is 4.54. The van der Waals surface area contributed by atoms with Gasteiger partial charge in [-0.1, -0.05) is 6.92 Å². The highest BCUT2D eigenvalue weighted by Crippen LogP contribution is 2.32. The number of amides is 1. The van der Waals surface area contributed by atoms with Gasteiger partial charge in [-0.05, 0) is 36.9 Å². The van der Waals surface area contributed by atoms with Crippen molar-refractivity contribution in [2.75, 3.05) is 81.3 Å². The molecule has 0 spiro atoms. The summed E-state index contributed by atoms with van der Waals surface area (Å²) < 4.78 is 10.2. The van der Waals surface area contributed by atoms with Crippen LogP contribution >= 0.6 is 0 Å². The molecule has 0 radical (unpaired) electrons. The number of anilines is 3. The molecule has 11 nitrogen and oxygen atoms in total. The Bertz CT molecular complexity index is 1130. The summed E-state index contributed by atoms with van der Waals surface area (Å²) in [6.07, 6.45) is 0. The first-order valence-corrected chi connectivity index (χ1v) is 12.0. The van der Waals surface area contributed by atoms with E-state index in [9.17, 15) is 19.7 Å². The molecule has 0 aromatic heterocycles. The molecule has 2 heterocycles. The molecule has 1 N–H and O–H groups in total. The van der Waals surface area contributed by atoms with Crippen LogP contribution in [0.2, 0.25) is 0 Å². The number of carbonyl (C=O) groups excluding carboxylic acids is 2. The number of benzene rings is 2. The van der Waals surface area contributed by atoms with Crippen LogP contribution in [0.1, 0.15) is 27.6 Å². The van der Waals surface area contributed by atoms with E-state index in [0.717, 1.165) is 38.4 Å². The van der Waals surface area contributed by atoms with Crippen molar-refractivity contribution < 1.29 is 24.0 Å². The van der Waals surface area contributed by atoms with Gasteiger partial charge in [0.1, 0.15) is 5.69 Å². The van der Waals surface area contributed by atoms with Gasteiger partial charge in [0.15, 0.2) is 0 Å². The third-order valence-electron chi connectivity index (χ3n) is 6.61. The van der Waals surface area contributed by atoms with Gasteiger partial charge in [0.2, 0.25) is 0 Å². The molecule has 2 aliphatic heterocycles. The van der Waals surface area contributed by atoms with Gasteiger partial charge in [0.25, 0.3) is 11.6 Å². The monoisotopic (exact) mass is 497 g/mol. The minimum Gasteiger partial charge on any atom is -0.465 e. The van der Waals surface area contributed by atoms with Crippen molar-refractivity contribution in [2.24, 2.45) is 0 Å². The Kier molecular flexibility index (Phi) is 8.01. The maximum Gasteiger partial charge on any atom is 0.337 e. The van der Waals surface area contributed by atoms with Crippen molar-refractivity contribution in [2.45, 2.75) is 6.92 Å². The molecule has 2 aliphatic rings. The summed E-state index contributed by atoms with van der Waals surface area (Å²) in [5.41, 5.74) is 2.02. The predicted octanol–water partition coefficient (Wildman–Crippen LogP) is 2.61. The first kappa shape index (κ1) is 25.4. The molecule has 0 unspecified atom stereocenters. The van der Waals surface area contributed by atoms with Crippen LogP contribution in [0.5, 0.6) is 0 Å². The Morgan fingerprint density at radius 3 is 2.25 bits per heavy atom. The van der Waals surface area contributed by atoms with Gasteiger partial charge in [-0.25, -0.2) is 4.79 Å². The van der Waals surface area contributed by atoms with E-state index in [1.807, 2.05) is 4.90 Å². The van der Waals surface area contributed by atoms with E-state index in [0.29, 0.717) is 43.2 Å². The zero-order valence-electron chi connectivity index (χ0n) is 20.6. The fourth-order valence-electron chi connectivity index (χ4n) is 4.54. The van der Waals surface area contributed by atoms with Gasteiger partial charge in [-0.15, -0.1) is 0 Å². The highest BCUT2D eigenvalue weighted by atomic mass is 16.6. The summed E-state index contributed by atoms with van der Waals surface area (Å²) >= 11 is 0. The summed E-state index contributed by atoms with van der Waals surface area (Å²) in [6, 6.07) is 9.54. The van der Waals surface area contributed by atoms with Crippen LogP contribution in [0, 0.1) is 10.1 Å². The number of nitrogens with zero attached hydrogens (tertiary/aromatic N) is 4. The van der Waals surface area contributed by atoms with Crippen LogP contribution in [0.15, 0.2) is 36.4 Å². The second kappa shape index (κ2) is 11.4. The Labute approximate surface area is 209 Å². The molecule has 0 saturated carbocycles. The standard InChI is InChI=1S/C25H31N5O6/c1-3-27-8-10-28(11-9-27)21-6-5-19(25(32)35-2)16-20(21)26-24(31)18-4-7-22(23(17-18)30(33)34)29-12-14-36-15-13-29/h4-7,16-17H,3,8-15H2,1-2H3,(H,26,31). The Morgan fingerprint density at radius 1 is 0.972 bits per heavy atom. The smallest absolute Gasteiger partial charge is 0.337 e. The molecule has 36 heavy (non-hydrogen) atoms. The van der Waals surface area contributed by atoms with E-state index < -0.39 is 16.8 Å². The first-order valence-electron chi connectivity index (χ1n) is 12.0. The number of methoxy groups -OCH3 is 1. The van der Waals surface area contributed by atoms with Crippen molar-refractivity contribution >= 4 is 34.6 Å². The van der Waals surface area contributed by atoms with Crippen molar-refractivity contribution in [3.8, 4) is 0 Å². The zero-order chi connectivity index (χ0) is 25.7. The van der Waals surface area contributed by atoms with Crippen LogP contribution in [0.4, 0.5) is 22.7 Å². The number of morpholine rings is 1. The molecule has 0 atom stereocenters. The maximum atomic E-state index is 13.3. The lowest BCUT2D eigenvalue weighted by Crippen LogP contribution is -2.46. The molecule has 1 amide bonds. The summed E-state index contributed by atoms with van der Waals surface area (Å²) in [6.45, 7) is 8.48. The SMILES string of the molecule is CCN1CCN(c2ccc(C(=O)OC)cc2NC(=O)c2ccc(N3CCOCC3)c([N+](=O)[O-])c2)CC1. The molecule has 0 aliphatic carbocycles. The van der Waals surface area contributed by atoms with Gasteiger partial charge < -0.3 is 29.5 Å². The minimum absolute atomic E-state index is 0.135. The summed E-state index contributed by atoms with van der Waals surface area (Å²) in [5.74, 6) is -1.01. The summed E-state index contributed by atoms with van der Waals surface area (Å²) in [7, 11) is 1.30. The lowest BCUT2D eigenvalue weighted by molar-refractivity contribution is -0.384. The van der Waals surface area contributed by atoms with Crippen molar-refractivity contribution in [1.29, 1.82) is 0 Å². The highest BCUT2D eigenvalue weighted by Gasteiger charge is 2.25. The molecule has 2 fully saturated rings. The van der Waals surface area contributed by atoms with Crippen LogP contribution in [-0.2, 0) is 9.47 Å². The molecule has 0 bridgehead atoms. The number of nitro benzene ring substituents is 1. The van der Waals surface area contributed by atoms with E-state index in [4.69, 9.17) is 9.47 Å². The molecule has 2 aromatic rings. The highest BCUT2D eigenvalue weighted by molar-refractivity contribution is 6.07. The molecular formula is C25H31N5O6. The van der Waals surface area contributed by atoms with E-state index in [2.05, 4.69) is 22.0 Å². The average Bonchev–Trinajstić information content (AvgIpc) is 2.92. The maximum absolute atomic E-state index is 13.3. The Hall–Kier alpha value is -3.70. The first-order chi connectivity index (χ1) is 17.4. The average molecular weight is 498 g/mol. The van der Waals surface area contributed by atoms with Gasteiger partial charge in [0.05, 0.1) is 42.2 Å². The number of esters is 1. The van der Waals surface area contributed by atoms with Crippen molar-refractivity contribution in [3.63, 3.8) is 0 Å². The predicted molar refractivity (Wildman–Crippen MR) is 136 cm³/mol. The molecule has 2 saturated heterocycles. The van der Waals surface area contributed by atoms with Gasteiger partial charge >= 0.3 is 5.97 Å². The minimum atomic E-state index is -0.515.